The first-order valence-electron chi connectivity index (χ1n) is 6.27. The van der Waals surface area contributed by atoms with Crippen LogP contribution in [0.3, 0.4) is 0 Å². The molecule has 18 heavy (non-hydrogen) atoms. The van der Waals surface area contributed by atoms with Gasteiger partial charge in [-0.25, -0.2) is 0 Å². The molecule has 0 unspecified atom stereocenters. The monoisotopic (exact) mass is 251 g/mol. The summed E-state index contributed by atoms with van der Waals surface area (Å²) in [5.74, 6) is 0.625. The lowest BCUT2D eigenvalue weighted by Gasteiger charge is -2.18. The van der Waals surface area contributed by atoms with Crippen molar-refractivity contribution < 1.29 is 14.6 Å². The zero-order valence-corrected chi connectivity index (χ0v) is 11.2. The van der Waals surface area contributed by atoms with Crippen molar-refractivity contribution in [2.75, 3.05) is 19.7 Å². The van der Waals surface area contributed by atoms with Crippen molar-refractivity contribution >= 4 is 5.91 Å². The van der Waals surface area contributed by atoms with E-state index in [1.54, 1.807) is 36.1 Å². The summed E-state index contributed by atoms with van der Waals surface area (Å²) in [6.45, 7) is 7.03. The van der Waals surface area contributed by atoms with Gasteiger partial charge in [0.15, 0.2) is 6.61 Å². The Morgan fingerprint density at radius 2 is 1.83 bits per heavy atom. The fraction of sp³-hybridized carbons (Fsp3) is 0.500. The number of rotatable bonds is 6. The molecule has 0 bridgehead atoms. The number of ether oxygens (including phenoxy) is 1. The van der Waals surface area contributed by atoms with Gasteiger partial charge in [0, 0.05) is 13.1 Å². The van der Waals surface area contributed by atoms with Crippen LogP contribution in [0.15, 0.2) is 24.3 Å². The van der Waals surface area contributed by atoms with E-state index < -0.39 is 6.10 Å². The Morgan fingerprint density at radius 3 is 2.28 bits per heavy atom. The second-order valence-electron chi connectivity index (χ2n) is 4.10. The molecule has 4 nitrogen and oxygen atoms in total. The van der Waals surface area contributed by atoms with Crippen molar-refractivity contribution in [3.8, 4) is 5.75 Å². The third-order valence-corrected chi connectivity index (χ3v) is 2.84. The number of benzene rings is 1. The van der Waals surface area contributed by atoms with Gasteiger partial charge in [-0.3, -0.25) is 4.79 Å². The summed E-state index contributed by atoms with van der Waals surface area (Å²) in [6.07, 6.45) is -0.489. The number of carbonyl (C=O) groups excluding carboxylic acids is 1. The third kappa shape index (κ3) is 4.04. The zero-order valence-electron chi connectivity index (χ0n) is 11.2. The fourth-order valence-corrected chi connectivity index (χ4v) is 1.66. The van der Waals surface area contributed by atoms with Crippen LogP contribution < -0.4 is 4.74 Å². The molecule has 1 aromatic carbocycles. The summed E-state index contributed by atoms with van der Waals surface area (Å²) in [6, 6.07) is 7.11. The number of hydrogen-bond acceptors (Lipinski definition) is 3. The summed E-state index contributed by atoms with van der Waals surface area (Å²) < 4.78 is 5.41. The Hall–Kier alpha value is -1.55. The molecule has 1 N–H and O–H groups in total. The van der Waals surface area contributed by atoms with Crippen LogP contribution in [-0.2, 0) is 4.79 Å². The van der Waals surface area contributed by atoms with E-state index in [9.17, 15) is 9.90 Å². The summed E-state index contributed by atoms with van der Waals surface area (Å²) in [5.41, 5.74) is 0.831. The zero-order chi connectivity index (χ0) is 13.5. The SMILES string of the molecule is CCN(CC)C(=O)COc1ccc([C@H](C)O)cc1. The first-order chi connectivity index (χ1) is 8.58. The van der Waals surface area contributed by atoms with Crippen molar-refractivity contribution in [2.24, 2.45) is 0 Å². The fourth-order valence-electron chi connectivity index (χ4n) is 1.66. The summed E-state index contributed by atoms with van der Waals surface area (Å²) >= 11 is 0. The van der Waals surface area contributed by atoms with Crippen LogP contribution in [0.2, 0.25) is 0 Å². The van der Waals surface area contributed by atoms with E-state index in [1.165, 1.54) is 0 Å². The van der Waals surface area contributed by atoms with Crippen molar-refractivity contribution in [1.82, 2.24) is 4.90 Å². The van der Waals surface area contributed by atoms with Gasteiger partial charge in [-0.15, -0.1) is 0 Å². The summed E-state index contributed by atoms with van der Waals surface area (Å²) in [4.78, 5) is 13.4. The Labute approximate surface area is 108 Å². The highest BCUT2D eigenvalue weighted by Gasteiger charge is 2.10. The van der Waals surface area contributed by atoms with Crippen LogP contribution in [-0.4, -0.2) is 35.6 Å². The molecule has 4 heteroatoms. The molecule has 0 aromatic heterocycles. The van der Waals surface area contributed by atoms with Gasteiger partial charge in [-0.05, 0) is 38.5 Å². The van der Waals surface area contributed by atoms with E-state index in [4.69, 9.17) is 4.74 Å². The number of amides is 1. The number of aliphatic hydroxyl groups is 1. The standard InChI is InChI=1S/C14H21NO3/c1-4-15(5-2)14(17)10-18-13-8-6-12(7-9-13)11(3)16/h6-9,11,16H,4-5,10H2,1-3H3/t11-/m0/s1. The van der Waals surface area contributed by atoms with Gasteiger partial charge in [0.1, 0.15) is 5.75 Å². The topological polar surface area (TPSA) is 49.8 Å². The highest BCUT2D eigenvalue weighted by atomic mass is 16.5. The molecule has 1 rings (SSSR count). The molecule has 0 aliphatic rings. The Kier molecular flexibility index (Phi) is 5.65. The van der Waals surface area contributed by atoms with Crippen LogP contribution >= 0.6 is 0 Å². The van der Waals surface area contributed by atoms with E-state index in [1.807, 2.05) is 13.8 Å². The third-order valence-electron chi connectivity index (χ3n) is 2.84. The molecule has 0 aliphatic heterocycles. The van der Waals surface area contributed by atoms with E-state index in [0.717, 1.165) is 5.56 Å². The van der Waals surface area contributed by atoms with Gasteiger partial charge in [0.05, 0.1) is 6.10 Å². The summed E-state index contributed by atoms with van der Waals surface area (Å²) in [5, 5.41) is 9.37. The quantitative estimate of drug-likeness (QED) is 0.841. The summed E-state index contributed by atoms with van der Waals surface area (Å²) in [7, 11) is 0. The van der Waals surface area contributed by atoms with Gasteiger partial charge < -0.3 is 14.7 Å². The van der Waals surface area contributed by atoms with Gasteiger partial charge >= 0.3 is 0 Å². The predicted molar refractivity (Wildman–Crippen MR) is 70.5 cm³/mol. The van der Waals surface area contributed by atoms with Gasteiger partial charge in [-0.1, -0.05) is 12.1 Å². The lowest BCUT2D eigenvalue weighted by atomic mass is 10.1. The van der Waals surface area contributed by atoms with Crippen molar-refractivity contribution in [3.05, 3.63) is 29.8 Å². The number of carbonyl (C=O) groups is 1. The molecule has 0 saturated heterocycles. The van der Waals surface area contributed by atoms with Crippen LogP contribution in [0.1, 0.15) is 32.4 Å². The van der Waals surface area contributed by atoms with E-state index in [2.05, 4.69) is 0 Å². The minimum absolute atomic E-state index is 0.0143. The number of nitrogens with zero attached hydrogens (tertiary/aromatic N) is 1. The van der Waals surface area contributed by atoms with Crippen molar-refractivity contribution in [3.63, 3.8) is 0 Å². The average molecular weight is 251 g/mol. The second-order valence-corrected chi connectivity index (χ2v) is 4.10. The minimum Gasteiger partial charge on any atom is -0.484 e. The Bertz CT molecular complexity index is 369. The number of likely N-dealkylation sites (N-methyl/N-ethyl adjacent to an activating group) is 1. The molecule has 1 aromatic rings. The molecule has 0 heterocycles. The minimum atomic E-state index is -0.489. The smallest absolute Gasteiger partial charge is 0.260 e. The molecular formula is C14H21NO3. The van der Waals surface area contributed by atoms with E-state index >= 15 is 0 Å². The van der Waals surface area contributed by atoms with E-state index in [-0.39, 0.29) is 12.5 Å². The second kappa shape index (κ2) is 7.01. The molecule has 0 aliphatic carbocycles. The molecule has 1 atom stereocenters. The largest absolute Gasteiger partial charge is 0.484 e. The Morgan fingerprint density at radius 1 is 1.28 bits per heavy atom. The maximum absolute atomic E-state index is 11.7. The molecule has 0 radical (unpaired) electrons. The molecular weight excluding hydrogens is 230 g/mol. The van der Waals surface area contributed by atoms with Crippen molar-refractivity contribution in [1.29, 1.82) is 0 Å². The number of hydrogen-bond donors (Lipinski definition) is 1. The molecule has 0 fully saturated rings. The lowest BCUT2D eigenvalue weighted by molar-refractivity contribution is -0.132. The molecule has 100 valence electrons. The van der Waals surface area contributed by atoms with Crippen molar-refractivity contribution in [2.45, 2.75) is 26.9 Å². The van der Waals surface area contributed by atoms with Crippen LogP contribution in [0.5, 0.6) is 5.75 Å². The maximum Gasteiger partial charge on any atom is 0.260 e. The highest BCUT2D eigenvalue weighted by Crippen LogP contribution is 2.17. The highest BCUT2D eigenvalue weighted by molar-refractivity contribution is 5.77. The molecule has 0 saturated carbocycles. The van der Waals surface area contributed by atoms with Crippen LogP contribution in [0.25, 0.3) is 0 Å². The predicted octanol–water partition coefficient (Wildman–Crippen LogP) is 1.99. The van der Waals surface area contributed by atoms with Crippen LogP contribution in [0.4, 0.5) is 0 Å². The van der Waals surface area contributed by atoms with Crippen LogP contribution in [0, 0.1) is 0 Å². The first kappa shape index (κ1) is 14.5. The normalized spacial score (nSPS) is 12.0. The number of aliphatic hydroxyl groups excluding tert-OH is 1. The van der Waals surface area contributed by atoms with E-state index in [0.29, 0.717) is 18.8 Å². The molecule has 1 amide bonds. The Balaban J connectivity index is 2.51. The van der Waals surface area contributed by atoms with Gasteiger partial charge in [0.25, 0.3) is 5.91 Å². The maximum atomic E-state index is 11.7. The average Bonchev–Trinajstić information content (AvgIpc) is 2.38. The molecule has 0 spiro atoms. The van der Waals surface area contributed by atoms with Gasteiger partial charge in [-0.2, -0.15) is 0 Å². The van der Waals surface area contributed by atoms with Gasteiger partial charge in [0.2, 0.25) is 0 Å². The first-order valence-corrected chi connectivity index (χ1v) is 6.27. The lowest BCUT2D eigenvalue weighted by Crippen LogP contribution is -2.34.